The molecule has 0 aliphatic carbocycles. The van der Waals surface area contributed by atoms with Crippen molar-refractivity contribution in [2.45, 2.75) is 19.9 Å². The lowest BCUT2D eigenvalue weighted by Crippen LogP contribution is -2.47. The first-order chi connectivity index (χ1) is 7.18. The van der Waals surface area contributed by atoms with Crippen molar-refractivity contribution in [3.63, 3.8) is 0 Å². The summed E-state index contributed by atoms with van der Waals surface area (Å²) in [5.74, 6) is 0. The van der Waals surface area contributed by atoms with Gasteiger partial charge in [-0.05, 0) is 13.8 Å². The van der Waals surface area contributed by atoms with Crippen LogP contribution >= 0.6 is 0 Å². The monoisotopic (exact) mass is 214 g/mol. The van der Waals surface area contributed by atoms with Gasteiger partial charge in [-0.15, -0.1) is 0 Å². The van der Waals surface area contributed by atoms with Gasteiger partial charge in [0.05, 0.1) is 0 Å². The zero-order valence-corrected chi connectivity index (χ0v) is 9.68. The van der Waals surface area contributed by atoms with Crippen LogP contribution in [0.2, 0.25) is 0 Å². The van der Waals surface area contributed by atoms with Crippen molar-refractivity contribution in [2.24, 2.45) is 0 Å². The summed E-state index contributed by atoms with van der Waals surface area (Å²) in [5, 5.41) is 8.95. The van der Waals surface area contributed by atoms with Crippen molar-refractivity contribution in [3.8, 4) is 0 Å². The number of nitrogens with zero attached hydrogens (tertiary/aromatic N) is 1. The Morgan fingerprint density at radius 2 is 2.07 bits per heavy atom. The molecule has 0 spiro atoms. The maximum Gasteiger partial charge on any atom is 0.315 e. The van der Waals surface area contributed by atoms with Crippen LogP contribution in [0.15, 0.2) is 0 Å². The van der Waals surface area contributed by atoms with Crippen LogP contribution in [0.3, 0.4) is 0 Å². The fourth-order valence-electron chi connectivity index (χ4n) is 1.58. The lowest BCUT2D eigenvalue weighted by molar-refractivity contribution is 0.225. The molecule has 0 aromatic heterocycles. The molecule has 3 N–H and O–H groups in total. The Bertz CT molecular complexity index is 190. The second-order valence-corrected chi connectivity index (χ2v) is 4.15. The summed E-state index contributed by atoms with van der Waals surface area (Å²) in [6.45, 7) is 9.83. The van der Waals surface area contributed by atoms with Crippen molar-refractivity contribution in [1.82, 2.24) is 20.9 Å². The summed E-state index contributed by atoms with van der Waals surface area (Å²) in [7, 11) is 0. The predicted octanol–water partition coefficient (Wildman–Crippen LogP) is -0.401. The minimum atomic E-state index is -0.0693. The van der Waals surface area contributed by atoms with Gasteiger partial charge >= 0.3 is 6.03 Å². The fraction of sp³-hybridized carbons (Fsp3) is 0.900. The van der Waals surface area contributed by atoms with Crippen LogP contribution in [-0.4, -0.2) is 56.2 Å². The highest BCUT2D eigenvalue weighted by molar-refractivity contribution is 5.74. The smallest absolute Gasteiger partial charge is 0.315 e. The van der Waals surface area contributed by atoms with Gasteiger partial charge in [0.25, 0.3) is 0 Å². The highest BCUT2D eigenvalue weighted by Crippen LogP contribution is 1.89. The van der Waals surface area contributed by atoms with Crippen LogP contribution in [-0.2, 0) is 0 Å². The lowest BCUT2D eigenvalue weighted by Gasteiger charge is -2.27. The first-order valence-electron chi connectivity index (χ1n) is 5.66. The molecule has 1 rings (SSSR count). The molecule has 5 heteroatoms. The lowest BCUT2D eigenvalue weighted by atomic mass is 10.3. The first-order valence-corrected chi connectivity index (χ1v) is 5.66. The topological polar surface area (TPSA) is 56.4 Å². The highest BCUT2D eigenvalue weighted by atomic mass is 16.2. The number of carbonyl (C=O) groups excluding carboxylic acids is 1. The van der Waals surface area contributed by atoms with Gasteiger partial charge in [0.2, 0.25) is 0 Å². The number of hydrogen-bond acceptors (Lipinski definition) is 3. The van der Waals surface area contributed by atoms with E-state index >= 15 is 0 Å². The maximum atomic E-state index is 11.2. The molecule has 1 aliphatic heterocycles. The Morgan fingerprint density at radius 1 is 1.40 bits per heavy atom. The van der Waals surface area contributed by atoms with E-state index in [2.05, 4.69) is 20.9 Å². The van der Waals surface area contributed by atoms with E-state index in [0.717, 1.165) is 39.3 Å². The van der Waals surface area contributed by atoms with Crippen LogP contribution < -0.4 is 16.0 Å². The summed E-state index contributed by atoms with van der Waals surface area (Å²) in [6, 6.07) is 0.129. The molecule has 1 saturated heterocycles. The molecule has 0 unspecified atom stereocenters. The number of hydrogen-bond donors (Lipinski definition) is 3. The molecule has 5 nitrogen and oxygen atoms in total. The van der Waals surface area contributed by atoms with Crippen LogP contribution in [0, 0.1) is 0 Å². The van der Waals surface area contributed by atoms with Crippen molar-refractivity contribution in [2.75, 3.05) is 39.3 Å². The molecular weight excluding hydrogens is 192 g/mol. The number of nitrogens with one attached hydrogen (secondary N) is 3. The molecule has 2 amide bonds. The molecule has 1 fully saturated rings. The van der Waals surface area contributed by atoms with E-state index in [-0.39, 0.29) is 12.1 Å². The average molecular weight is 214 g/mol. The minimum absolute atomic E-state index is 0.0693. The molecule has 0 saturated carbocycles. The van der Waals surface area contributed by atoms with Gasteiger partial charge in [-0.2, -0.15) is 0 Å². The zero-order chi connectivity index (χ0) is 11.1. The van der Waals surface area contributed by atoms with Crippen LogP contribution in [0.5, 0.6) is 0 Å². The molecule has 15 heavy (non-hydrogen) atoms. The molecule has 1 aliphatic rings. The van der Waals surface area contributed by atoms with Crippen molar-refractivity contribution in [1.29, 1.82) is 0 Å². The van der Waals surface area contributed by atoms with Crippen molar-refractivity contribution in [3.05, 3.63) is 0 Å². The summed E-state index contributed by atoms with van der Waals surface area (Å²) >= 11 is 0. The van der Waals surface area contributed by atoms with E-state index in [1.54, 1.807) is 0 Å². The van der Waals surface area contributed by atoms with E-state index in [4.69, 9.17) is 0 Å². The molecule has 0 radical (unpaired) electrons. The van der Waals surface area contributed by atoms with Gasteiger partial charge in [-0.3, -0.25) is 4.90 Å². The van der Waals surface area contributed by atoms with E-state index in [1.165, 1.54) is 0 Å². The highest BCUT2D eigenvalue weighted by Gasteiger charge is 2.09. The summed E-state index contributed by atoms with van der Waals surface area (Å²) < 4.78 is 0. The van der Waals surface area contributed by atoms with Gasteiger partial charge in [0.15, 0.2) is 0 Å². The summed E-state index contributed by atoms with van der Waals surface area (Å²) in [6.07, 6.45) is 0. The second kappa shape index (κ2) is 6.63. The van der Waals surface area contributed by atoms with Crippen LogP contribution in [0.4, 0.5) is 4.79 Å². The SMILES string of the molecule is CC(C)NC(=O)NCCN1CCNCC1. The van der Waals surface area contributed by atoms with Gasteiger partial charge in [-0.25, -0.2) is 4.79 Å². The Balaban J connectivity index is 2.02. The first kappa shape index (κ1) is 12.3. The Kier molecular flexibility index (Phi) is 5.42. The standard InChI is InChI=1S/C10H22N4O/c1-9(2)13-10(15)12-5-8-14-6-3-11-4-7-14/h9,11H,3-8H2,1-2H3,(H2,12,13,15). The van der Waals surface area contributed by atoms with E-state index in [9.17, 15) is 4.79 Å². The van der Waals surface area contributed by atoms with Gasteiger partial charge in [-0.1, -0.05) is 0 Å². The zero-order valence-electron chi connectivity index (χ0n) is 9.68. The summed E-state index contributed by atoms with van der Waals surface area (Å²) in [4.78, 5) is 13.6. The van der Waals surface area contributed by atoms with Gasteiger partial charge < -0.3 is 16.0 Å². The Labute approximate surface area is 91.6 Å². The molecule has 88 valence electrons. The van der Waals surface area contributed by atoms with E-state index in [1.807, 2.05) is 13.8 Å². The quantitative estimate of drug-likeness (QED) is 0.597. The summed E-state index contributed by atoms with van der Waals surface area (Å²) in [5.41, 5.74) is 0. The van der Waals surface area contributed by atoms with Crippen molar-refractivity contribution >= 4 is 6.03 Å². The number of rotatable bonds is 4. The molecule has 0 bridgehead atoms. The third kappa shape index (κ3) is 5.59. The van der Waals surface area contributed by atoms with Gasteiger partial charge in [0.1, 0.15) is 0 Å². The van der Waals surface area contributed by atoms with Crippen molar-refractivity contribution < 1.29 is 4.79 Å². The number of urea groups is 1. The largest absolute Gasteiger partial charge is 0.337 e. The van der Waals surface area contributed by atoms with E-state index < -0.39 is 0 Å². The molecular formula is C10H22N4O. The second-order valence-electron chi connectivity index (χ2n) is 4.15. The fourth-order valence-corrected chi connectivity index (χ4v) is 1.58. The average Bonchev–Trinajstić information content (AvgIpc) is 2.18. The number of amides is 2. The van der Waals surface area contributed by atoms with Crippen LogP contribution in [0.25, 0.3) is 0 Å². The molecule has 0 atom stereocenters. The normalized spacial score (nSPS) is 17.8. The number of piperazine rings is 1. The minimum Gasteiger partial charge on any atom is -0.337 e. The number of carbonyl (C=O) groups is 1. The molecule has 0 aromatic carbocycles. The predicted molar refractivity (Wildman–Crippen MR) is 61.0 cm³/mol. The Hall–Kier alpha value is -0.810. The van der Waals surface area contributed by atoms with Crippen LogP contribution in [0.1, 0.15) is 13.8 Å². The third-order valence-electron chi connectivity index (χ3n) is 2.34. The van der Waals surface area contributed by atoms with E-state index in [0.29, 0.717) is 0 Å². The molecule has 0 aromatic rings. The molecule has 1 heterocycles. The Morgan fingerprint density at radius 3 is 2.67 bits per heavy atom. The third-order valence-corrected chi connectivity index (χ3v) is 2.34. The maximum absolute atomic E-state index is 11.2. The van der Waals surface area contributed by atoms with Gasteiger partial charge in [0, 0.05) is 45.3 Å².